The van der Waals surface area contributed by atoms with E-state index in [9.17, 15) is 4.79 Å². The summed E-state index contributed by atoms with van der Waals surface area (Å²) < 4.78 is 6.67. The first-order valence-corrected chi connectivity index (χ1v) is 5.78. The van der Waals surface area contributed by atoms with E-state index < -0.39 is 0 Å². The zero-order chi connectivity index (χ0) is 13.0. The Morgan fingerprint density at radius 3 is 2.83 bits per heavy atom. The van der Waals surface area contributed by atoms with Gasteiger partial charge in [-0.25, -0.2) is 4.98 Å². The molecule has 0 N–H and O–H groups in total. The van der Waals surface area contributed by atoms with Crippen LogP contribution in [-0.4, -0.2) is 27.7 Å². The van der Waals surface area contributed by atoms with Gasteiger partial charge in [-0.05, 0) is 18.6 Å². The zero-order valence-electron chi connectivity index (χ0n) is 10.5. The van der Waals surface area contributed by atoms with Crippen LogP contribution >= 0.6 is 0 Å². The predicted molar refractivity (Wildman–Crippen MR) is 66.7 cm³/mol. The van der Waals surface area contributed by atoms with E-state index in [0.29, 0.717) is 24.5 Å². The van der Waals surface area contributed by atoms with Gasteiger partial charge in [0, 0.05) is 31.4 Å². The normalized spacial score (nSPS) is 10.3. The minimum Gasteiger partial charge on any atom is -0.481 e. The fourth-order valence-electron chi connectivity index (χ4n) is 1.73. The van der Waals surface area contributed by atoms with Gasteiger partial charge in [-0.2, -0.15) is 5.10 Å². The van der Waals surface area contributed by atoms with Crippen LogP contribution < -0.4 is 4.74 Å². The molecule has 2 heterocycles. The lowest BCUT2D eigenvalue weighted by Gasteiger charge is -2.04. The summed E-state index contributed by atoms with van der Waals surface area (Å²) in [6.45, 7) is 2.65. The van der Waals surface area contributed by atoms with Gasteiger partial charge in [0.05, 0.1) is 7.11 Å². The van der Waals surface area contributed by atoms with Gasteiger partial charge in [0.15, 0.2) is 5.78 Å². The molecule has 0 aromatic carbocycles. The van der Waals surface area contributed by atoms with E-state index in [1.807, 2.05) is 13.0 Å². The molecule has 0 aliphatic heterocycles. The molecule has 0 aliphatic rings. The first-order chi connectivity index (χ1) is 8.74. The monoisotopic (exact) mass is 245 g/mol. The Labute approximate surface area is 105 Å². The number of carbonyl (C=O) groups excluding carboxylic acids is 1. The van der Waals surface area contributed by atoms with Crippen LogP contribution in [0.25, 0.3) is 0 Å². The third-order valence-electron chi connectivity index (χ3n) is 2.67. The number of aryl methyl sites for hydroxylation is 1. The van der Waals surface area contributed by atoms with Gasteiger partial charge in [-0.15, -0.1) is 0 Å². The standard InChI is InChI=1S/C13H15N3O2/c1-3-16-11(6-7-15-16)12(17)8-10-4-5-13(18-2)14-9-10/h4-7,9H,3,8H2,1-2H3. The lowest BCUT2D eigenvalue weighted by molar-refractivity contribution is 0.0982. The Hall–Kier alpha value is -2.17. The van der Waals surface area contributed by atoms with Crippen LogP contribution in [0.15, 0.2) is 30.6 Å². The van der Waals surface area contributed by atoms with Crippen LogP contribution in [-0.2, 0) is 13.0 Å². The van der Waals surface area contributed by atoms with Gasteiger partial charge in [0.1, 0.15) is 5.69 Å². The molecule has 2 aromatic rings. The summed E-state index contributed by atoms with van der Waals surface area (Å²) in [4.78, 5) is 16.2. The number of rotatable bonds is 5. The number of pyridine rings is 1. The Kier molecular flexibility index (Phi) is 3.72. The molecule has 0 radical (unpaired) electrons. The number of ether oxygens (including phenoxy) is 1. The maximum Gasteiger partial charge on any atom is 0.212 e. The van der Waals surface area contributed by atoms with E-state index in [1.54, 1.807) is 36.3 Å². The van der Waals surface area contributed by atoms with Crippen molar-refractivity contribution in [2.45, 2.75) is 19.9 Å². The summed E-state index contributed by atoms with van der Waals surface area (Å²) in [6.07, 6.45) is 3.62. The number of hydrogen-bond donors (Lipinski definition) is 0. The van der Waals surface area contributed by atoms with Crippen molar-refractivity contribution in [1.29, 1.82) is 0 Å². The van der Waals surface area contributed by atoms with Crippen LogP contribution in [0.3, 0.4) is 0 Å². The highest BCUT2D eigenvalue weighted by molar-refractivity contribution is 5.95. The van der Waals surface area contributed by atoms with E-state index in [-0.39, 0.29) is 5.78 Å². The number of methoxy groups -OCH3 is 1. The summed E-state index contributed by atoms with van der Waals surface area (Å²) in [5.41, 5.74) is 1.50. The molecule has 0 unspecified atom stereocenters. The average molecular weight is 245 g/mol. The molecule has 2 rings (SSSR count). The summed E-state index contributed by atoms with van der Waals surface area (Å²) in [5.74, 6) is 0.589. The number of carbonyl (C=O) groups is 1. The first kappa shape index (κ1) is 12.3. The van der Waals surface area contributed by atoms with E-state index in [1.165, 1.54) is 0 Å². The highest BCUT2D eigenvalue weighted by Crippen LogP contribution is 2.10. The minimum absolute atomic E-state index is 0.0429. The molecule has 0 saturated heterocycles. The fourth-order valence-corrected chi connectivity index (χ4v) is 1.73. The lowest BCUT2D eigenvalue weighted by atomic mass is 10.1. The molecule has 0 aliphatic carbocycles. The SMILES string of the molecule is CCn1nccc1C(=O)Cc1ccc(OC)nc1. The lowest BCUT2D eigenvalue weighted by Crippen LogP contribution is -2.11. The van der Waals surface area contributed by atoms with Crippen molar-refractivity contribution < 1.29 is 9.53 Å². The van der Waals surface area contributed by atoms with E-state index in [0.717, 1.165) is 5.56 Å². The summed E-state index contributed by atoms with van der Waals surface area (Å²) in [7, 11) is 1.56. The second-order valence-corrected chi connectivity index (χ2v) is 3.84. The first-order valence-electron chi connectivity index (χ1n) is 5.78. The Morgan fingerprint density at radius 2 is 2.22 bits per heavy atom. The number of nitrogens with zero attached hydrogens (tertiary/aromatic N) is 3. The number of Topliss-reactive ketones (excluding diaryl/α,β-unsaturated/α-hetero) is 1. The van der Waals surface area contributed by atoms with Crippen LogP contribution in [0.2, 0.25) is 0 Å². The van der Waals surface area contributed by atoms with Gasteiger partial charge in [0.2, 0.25) is 5.88 Å². The number of aromatic nitrogens is 3. The van der Waals surface area contributed by atoms with Gasteiger partial charge >= 0.3 is 0 Å². The second kappa shape index (κ2) is 5.44. The van der Waals surface area contributed by atoms with E-state index in [4.69, 9.17) is 4.74 Å². The van der Waals surface area contributed by atoms with Crippen molar-refractivity contribution in [2.75, 3.05) is 7.11 Å². The molecule has 0 amide bonds. The molecule has 0 spiro atoms. The highest BCUT2D eigenvalue weighted by Gasteiger charge is 2.12. The predicted octanol–water partition coefficient (Wildman–Crippen LogP) is 1.73. The van der Waals surface area contributed by atoms with Crippen molar-refractivity contribution in [3.63, 3.8) is 0 Å². The molecule has 0 atom stereocenters. The van der Waals surface area contributed by atoms with Crippen LogP contribution in [0.5, 0.6) is 5.88 Å². The molecule has 0 saturated carbocycles. The highest BCUT2D eigenvalue weighted by atomic mass is 16.5. The quantitative estimate of drug-likeness (QED) is 0.753. The van der Waals surface area contributed by atoms with Crippen LogP contribution in [0.1, 0.15) is 23.0 Å². The molecular formula is C13H15N3O2. The molecule has 5 nitrogen and oxygen atoms in total. The fraction of sp³-hybridized carbons (Fsp3) is 0.308. The third kappa shape index (κ3) is 2.56. The van der Waals surface area contributed by atoms with Crippen LogP contribution in [0.4, 0.5) is 0 Å². The van der Waals surface area contributed by atoms with E-state index >= 15 is 0 Å². The van der Waals surface area contributed by atoms with Crippen molar-refractivity contribution in [3.8, 4) is 5.88 Å². The van der Waals surface area contributed by atoms with Gasteiger partial charge < -0.3 is 4.74 Å². The van der Waals surface area contributed by atoms with Crippen molar-refractivity contribution in [1.82, 2.24) is 14.8 Å². The largest absolute Gasteiger partial charge is 0.481 e. The maximum absolute atomic E-state index is 12.1. The number of ketones is 1. The van der Waals surface area contributed by atoms with Crippen molar-refractivity contribution in [2.24, 2.45) is 0 Å². The van der Waals surface area contributed by atoms with Crippen molar-refractivity contribution in [3.05, 3.63) is 41.9 Å². The van der Waals surface area contributed by atoms with Gasteiger partial charge in [-0.3, -0.25) is 9.48 Å². The molecule has 18 heavy (non-hydrogen) atoms. The Bertz CT molecular complexity index is 531. The minimum atomic E-state index is 0.0429. The van der Waals surface area contributed by atoms with Crippen LogP contribution in [0, 0.1) is 0 Å². The second-order valence-electron chi connectivity index (χ2n) is 3.84. The summed E-state index contributed by atoms with van der Waals surface area (Å²) in [6, 6.07) is 5.33. The molecule has 5 heteroatoms. The van der Waals surface area contributed by atoms with E-state index in [2.05, 4.69) is 10.1 Å². The van der Waals surface area contributed by atoms with Gasteiger partial charge in [-0.1, -0.05) is 6.07 Å². The van der Waals surface area contributed by atoms with Gasteiger partial charge in [0.25, 0.3) is 0 Å². The third-order valence-corrected chi connectivity index (χ3v) is 2.67. The molecule has 2 aromatic heterocycles. The molecule has 0 bridgehead atoms. The maximum atomic E-state index is 12.1. The molecular weight excluding hydrogens is 230 g/mol. The zero-order valence-corrected chi connectivity index (χ0v) is 10.5. The smallest absolute Gasteiger partial charge is 0.212 e. The summed E-state index contributed by atoms with van der Waals surface area (Å²) in [5, 5.41) is 4.08. The Balaban J connectivity index is 2.11. The average Bonchev–Trinajstić information content (AvgIpc) is 2.88. The van der Waals surface area contributed by atoms with Crippen molar-refractivity contribution >= 4 is 5.78 Å². The molecule has 94 valence electrons. The number of hydrogen-bond acceptors (Lipinski definition) is 4. The topological polar surface area (TPSA) is 57.0 Å². The molecule has 0 fully saturated rings. The summed E-state index contributed by atoms with van der Waals surface area (Å²) >= 11 is 0. The Morgan fingerprint density at radius 1 is 1.39 bits per heavy atom.